The van der Waals surface area contributed by atoms with Crippen LogP contribution in [0.2, 0.25) is 0 Å². The van der Waals surface area contributed by atoms with Gasteiger partial charge in [0.2, 0.25) is 11.8 Å². The number of rotatable bonds is 5. The first-order valence-corrected chi connectivity index (χ1v) is 9.37. The van der Waals surface area contributed by atoms with Crippen LogP contribution >= 0.6 is 11.3 Å². The molecule has 6 heteroatoms. The molecule has 1 aromatic carbocycles. The van der Waals surface area contributed by atoms with Crippen molar-refractivity contribution in [2.45, 2.75) is 32.7 Å². The number of thiophene rings is 1. The van der Waals surface area contributed by atoms with Crippen molar-refractivity contribution < 1.29 is 9.59 Å². The van der Waals surface area contributed by atoms with E-state index in [4.69, 9.17) is 0 Å². The Morgan fingerprint density at radius 2 is 2.16 bits per heavy atom. The fourth-order valence-electron chi connectivity index (χ4n) is 3.21. The third-order valence-corrected chi connectivity index (χ3v) is 5.41. The summed E-state index contributed by atoms with van der Waals surface area (Å²) in [4.78, 5) is 27.1. The van der Waals surface area contributed by atoms with E-state index in [0.717, 1.165) is 36.3 Å². The first-order valence-electron chi connectivity index (χ1n) is 8.49. The summed E-state index contributed by atoms with van der Waals surface area (Å²) in [6.45, 7) is 4.53. The second-order valence-electron chi connectivity index (χ2n) is 6.33. The predicted molar refractivity (Wildman–Crippen MR) is 102 cm³/mol. The number of amides is 2. The number of benzene rings is 1. The number of carbonyl (C=O) groups excluding carboxylic acids is 2. The second-order valence-corrected chi connectivity index (χ2v) is 7.30. The Morgan fingerprint density at radius 3 is 2.88 bits per heavy atom. The zero-order chi connectivity index (χ0) is 17.8. The van der Waals surface area contributed by atoms with Crippen LogP contribution in [-0.4, -0.2) is 29.8 Å². The Hall–Kier alpha value is -2.34. The first-order chi connectivity index (χ1) is 12.0. The van der Waals surface area contributed by atoms with Gasteiger partial charge in [0.1, 0.15) is 0 Å². The monoisotopic (exact) mass is 357 g/mol. The lowest BCUT2D eigenvalue weighted by molar-refractivity contribution is -0.130. The Bertz CT molecular complexity index is 758. The number of carbonyl (C=O) groups is 2. The van der Waals surface area contributed by atoms with Gasteiger partial charge in [-0.2, -0.15) is 0 Å². The maximum atomic E-state index is 12.7. The lowest BCUT2D eigenvalue weighted by atomic mass is 10.1. The molecule has 132 valence electrons. The summed E-state index contributed by atoms with van der Waals surface area (Å²) < 4.78 is 0. The molecule has 1 aliphatic rings. The highest BCUT2D eigenvalue weighted by molar-refractivity contribution is 7.10. The van der Waals surface area contributed by atoms with E-state index in [1.165, 1.54) is 11.8 Å². The average molecular weight is 357 g/mol. The topological polar surface area (TPSA) is 61.4 Å². The van der Waals surface area contributed by atoms with Crippen molar-refractivity contribution in [3.63, 3.8) is 0 Å². The minimum Gasteiger partial charge on any atom is -0.376 e. The van der Waals surface area contributed by atoms with Crippen molar-refractivity contribution in [1.29, 1.82) is 0 Å². The van der Waals surface area contributed by atoms with Crippen LogP contribution in [0.5, 0.6) is 0 Å². The summed E-state index contributed by atoms with van der Waals surface area (Å²) in [6, 6.07) is 10.0. The Morgan fingerprint density at radius 1 is 1.32 bits per heavy atom. The van der Waals surface area contributed by atoms with Gasteiger partial charge in [0, 0.05) is 29.7 Å². The molecule has 5 nitrogen and oxygen atoms in total. The minimum atomic E-state index is -0.110. The summed E-state index contributed by atoms with van der Waals surface area (Å²) in [5.74, 6) is 0.00182. The number of nitrogens with zero attached hydrogens (tertiary/aromatic N) is 1. The van der Waals surface area contributed by atoms with Gasteiger partial charge in [-0.1, -0.05) is 12.1 Å². The fraction of sp³-hybridized carbons (Fsp3) is 0.368. The van der Waals surface area contributed by atoms with Crippen LogP contribution in [0.4, 0.5) is 11.4 Å². The Labute approximate surface area is 152 Å². The van der Waals surface area contributed by atoms with Crippen molar-refractivity contribution in [2.75, 3.05) is 23.7 Å². The van der Waals surface area contributed by atoms with Crippen molar-refractivity contribution in [1.82, 2.24) is 4.90 Å². The summed E-state index contributed by atoms with van der Waals surface area (Å²) in [6.07, 6.45) is 2.08. The molecule has 1 fully saturated rings. The highest BCUT2D eigenvalue weighted by Gasteiger charge is 2.30. The SMILES string of the molecule is CC(=O)Nc1ccc(C)c(NCC(=O)N2CCCC2c2cccs2)c1. The van der Waals surface area contributed by atoms with Crippen LogP contribution < -0.4 is 10.6 Å². The van der Waals surface area contributed by atoms with Crippen LogP contribution in [0.3, 0.4) is 0 Å². The molecule has 1 aliphatic heterocycles. The summed E-state index contributed by atoms with van der Waals surface area (Å²) in [5.41, 5.74) is 2.63. The van der Waals surface area contributed by atoms with Crippen LogP contribution in [0, 0.1) is 6.92 Å². The molecule has 1 atom stereocenters. The van der Waals surface area contributed by atoms with Gasteiger partial charge in [0.15, 0.2) is 0 Å². The molecule has 1 unspecified atom stereocenters. The fourth-order valence-corrected chi connectivity index (χ4v) is 4.08. The van der Waals surface area contributed by atoms with Crippen LogP contribution in [0.25, 0.3) is 0 Å². The van der Waals surface area contributed by atoms with Gasteiger partial charge in [-0.3, -0.25) is 9.59 Å². The Kier molecular flexibility index (Phi) is 5.38. The van der Waals surface area contributed by atoms with E-state index in [1.54, 1.807) is 11.3 Å². The molecule has 0 bridgehead atoms. The number of nitrogens with one attached hydrogen (secondary N) is 2. The van der Waals surface area contributed by atoms with E-state index in [0.29, 0.717) is 0 Å². The summed E-state index contributed by atoms with van der Waals surface area (Å²) >= 11 is 1.71. The summed E-state index contributed by atoms with van der Waals surface area (Å²) in [7, 11) is 0. The van der Waals surface area contributed by atoms with Crippen molar-refractivity contribution in [3.05, 3.63) is 46.2 Å². The zero-order valence-electron chi connectivity index (χ0n) is 14.5. The van der Waals surface area contributed by atoms with Gasteiger partial charge in [0.25, 0.3) is 0 Å². The van der Waals surface area contributed by atoms with Gasteiger partial charge in [-0.15, -0.1) is 11.3 Å². The maximum absolute atomic E-state index is 12.7. The number of aryl methyl sites for hydroxylation is 1. The molecule has 1 aromatic heterocycles. The zero-order valence-corrected chi connectivity index (χ0v) is 15.4. The number of likely N-dealkylation sites (tertiary alicyclic amines) is 1. The van der Waals surface area contributed by atoms with Crippen molar-refractivity contribution in [3.8, 4) is 0 Å². The number of hydrogen-bond donors (Lipinski definition) is 2. The molecule has 2 amide bonds. The third-order valence-electron chi connectivity index (χ3n) is 4.43. The molecule has 0 aliphatic carbocycles. The molecular weight excluding hydrogens is 334 g/mol. The van der Waals surface area contributed by atoms with Crippen molar-refractivity contribution in [2.24, 2.45) is 0 Å². The minimum absolute atomic E-state index is 0.110. The van der Waals surface area contributed by atoms with Gasteiger partial charge < -0.3 is 15.5 Å². The largest absolute Gasteiger partial charge is 0.376 e. The van der Waals surface area contributed by atoms with Crippen LogP contribution in [-0.2, 0) is 9.59 Å². The number of anilines is 2. The van der Waals surface area contributed by atoms with E-state index in [2.05, 4.69) is 22.1 Å². The standard InChI is InChI=1S/C19H23N3O2S/c1-13-7-8-15(21-14(2)23)11-16(13)20-12-19(24)22-9-3-5-17(22)18-6-4-10-25-18/h4,6-8,10-11,17,20H,3,5,9,12H2,1-2H3,(H,21,23). The molecule has 2 N–H and O–H groups in total. The van der Waals surface area contributed by atoms with Gasteiger partial charge in [-0.05, 0) is 48.9 Å². The van der Waals surface area contributed by atoms with E-state index in [-0.39, 0.29) is 24.4 Å². The number of hydrogen-bond acceptors (Lipinski definition) is 4. The quantitative estimate of drug-likeness (QED) is 0.856. The van der Waals surface area contributed by atoms with Gasteiger partial charge >= 0.3 is 0 Å². The van der Waals surface area contributed by atoms with E-state index in [1.807, 2.05) is 36.1 Å². The predicted octanol–water partition coefficient (Wildman–Crippen LogP) is 3.79. The molecule has 3 rings (SSSR count). The molecule has 0 saturated carbocycles. The second kappa shape index (κ2) is 7.70. The van der Waals surface area contributed by atoms with Crippen LogP contribution in [0.15, 0.2) is 35.7 Å². The molecular formula is C19H23N3O2S. The van der Waals surface area contributed by atoms with Gasteiger partial charge in [0.05, 0.1) is 12.6 Å². The normalized spacial score (nSPS) is 16.7. The van der Waals surface area contributed by atoms with Gasteiger partial charge in [-0.25, -0.2) is 0 Å². The average Bonchev–Trinajstić information content (AvgIpc) is 3.25. The van der Waals surface area contributed by atoms with E-state index >= 15 is 0 Å². The first kappa shape index (κ1) is 17.5. The van der Waals surface area contributed by atoms with E-state index in [9.17, 15) is 9.59 Å². The maximum Gasteiger partial charge on any atom is 0.242 e. The summed E-state index contributed by atoms with van der Waals surface area (Å²) in [5, 5.41) is 8.06. The molecule has 2 heterocycles. The smallest absolute Gasteiger partial charge is 0.242 e. The van der Waals surface area contributed by atoms with Crippen molar-refractivity contribution >= 4 is 34.5 Å². The third kappa shape index (κ3) is 4.20. The molecule has 2 aromatic rings. The van der Waals surface area contributed by atoms with E-state index < -0.39 is 0 Å². The Balaban J connectivity index is 1.65. The molecule has 1 saturated heterocycles. The molecule has 0 radical (unpaired) electrons. The lowest BCUT2D eigenvalue weighted by Gasteiger charge is -2.24. The lowest BCUT2D eigenvalue weighted by Crippen LogP contribution is -2.34. The van der Waals surface area contributed by atoms with Crippen LogP contribution in [0.1, 0.15) is 36.2 Å². The molecule has 0 spiro atoms. The highest BCUT2D eigenvalue weighted by atomic mass is 32.1. The molecule has 25 heavy (non-hydrogen) atoms. The highest BCUT2D eigenvalue weighted by Crippen LogP contribution is 2.34.